The van der Waals surface area contributed by atoms with E-state index < -0.39 is 0 Å². The highest BCUT2D eigenvalue weighted by Gasteiger charge is 2.22. The van der Waals surface area contributed by atoms with Crippen molar-refractivity contribution in [2.75, 3.05) is 7.05 Å². The Labute approximate surface area is 163 Å². The van der Waals surface area contributed by atoms with Crippen molar-refractivity contribution in [2.24, 2.45) is 0 Å². The number of amides is 1. The average Bonchev–Trinajstić information content (AvgIpc) is 3.09. The molecule has 0 fully saturated rings. The second kappa shape index (κ2) is 8.39. The van der Waals surface area contributed by atoms with E-state index in [2.05, 4.69) is 16.3 Å². The first-order valence-corrected chi connectivity index (χ1v) is 9.68. The van der Waals surface area contributed by atoms with Gasteiger partial charge in [0.15, 0.2) is 0 Å². The zero-order chi connectivity index (χ0) is 19.4. The number of aryl methyl sites for hydroxylation is 2. The van der Waals surface area contributed by atoms with Crippen LogP contribution in [0.25, 0.3) is 11.5 Å². The number of nitrogens with zero attached hydrogens (tertiary/aromatic N) is 3. The van der Waals surface area contributed by atoms with Crippen LogP contribution in [0.2, 0.25) is 0 Å². The standard InChI is InChI=1S/C21H23N3O2S/c1-14-10-15(2)12-18(11-14)19-22-23-21(26-19)27-16(3)20(25)24(4)13-17-8-6-5-7-9-17/h5-12,16H,13H2,1-4H3/t16-/m0/s1. The van der Waals surface area contributed by atoms with Crippen LogP contribution in [-0.4, -0.2) is 33.3 Å². The normalized spacial score (nSPS) is 12.0. The Kier molecular flexibility index (Phi) is 5.96. The van der Waals surface area contributed by atoms with Crippen LogP contribution in [0.1, 0.15) is 23.6 Å². The van der Waals surface area contributed by atoms with E-state index >= 15 is 0 Å². The van der Waals surface area contributed by atoms with Gasteiger partial charge in [-0.05, 0) is 38.5 Å². The van der Waals surface area contributed by atoms with Crippen LogP contribution in [0.3, 0.4) is 0 Å². The zero-order valence-corrected chi connectivity index (χ0v) is 16.8. The molecular formula is C21H23N3O2S. The topological polar surface area (TPSA) is 59.2 Å². The zero-order valence-electron chi connectivity index (χ0n) is 16.0. The van der Waals surface area contributed by atoms with Crippen LogP contribution in [0, 0.1) is 13.8 Å². The van der Waals surface area contributed by atoms with E-state index in [0.29, 0.717) is 17.7 Å². The van der Waals surface area contributed by atoms with E-state index in [1.165, 1.54) is 11.8 Å². The van der Waals surface area contributed by atoms with Gasteiger partial charge in [-0.3, -0.25) is 4.79 Å². The highest BCUT2D eigenvalue weighted by molar-refractivity contribution is 8.00. The summed E-state index contributed by atoms with van der Waals surface area (Å²) in [6.45, 7) is 6.50. The molecule has 1 heterocycles. The molecule has 0 radical (unpaired) electrons. The van der Waals surface area contributed by atoms with Gasteiger partial charge in [0.2, 0.25) is 11.8 Å². The smallest absolute Gasteiger partial charge is 0.277 e. The summed E-state index contributed by atoms with van der Waals surface area (Å²) in [5.41, 5.74) is 4.28. The number of thioether (sulfide) groups is 1. The van der Waals surface area contributed by atoms with Gasteiger partial charge >= 0.3 is 0 Å². The van der Waals surface area contributed by atoms with Crippen molar-refractivity contribution in [2.45, 2.75) is 37.8 Å². The van der Waals surface area contributed by atoms with Crippen LogP contribution < -0.4 is 0 Å². The molecule has 0 aliphatic rings. The van der Waals surface area contributed by atoms with Gasteiger partial charge < -0.3 is 9.32 Å². The van der Waals surface area contributed by atoms with Gasteiger partial charge in [-0.25, -0.2) is 0 Å². The molecule has 0 N–H and O–H groups in total. The maximum Gasteiger partial charge on any atom is 0.277 e. The molecule has 0 saturated heterocycles. The van der Waals surface area contributed by atoms with Gasteiger partial charge in [0, 0.05) is 19.2 Å². The van der Waals surface area contributed by atoms with Crippen molar-refractivity contribution >= 4 is 17.7 Å². The first kappa shape index (κ1) is 19.2. The Hall–Kier alpha value is -2.60. The molecule has 1 amide bonds. The van der Waals surface area contributed by atoms with Gasteiger partial charge in [-0.2, -0.15) is 0 Å². The van der Waals surface area contributed by atoms with E-state index in [9.17, 15) is 4.79 Å². The fraction of sp³-hybridized carbons (Fsp3) is 0.286. The quantitative estimate of drug-likeness (QED) is 0.589. The fourth-order valence-corrected chi connectivity index (χ4v) is 3.72. The minimum atomic E-state index is -0.314. The summed E-state index contributed by atoms with van der Waals surface area (Å²) in [5, 5.41) is 8.31. The molecular weight excluding hydrogens is 358 g/mol. The van der Waals surface area contributed by atoms with Crippen LogP contribution in [0.4, 0.5) is 0 Å². The third-order valence-electron chi connectivity index (χ3n) is 4.14. The molecule has 0 spiro atoms. The molecule has 0 bridgehead atoms. The Morgan fingerprint density at radius 2 is 1.78 bits per heavy atom. The summed E-state index contributed by atoms with van der Waals surface area (Å²) in [5.74, 6) is 0.497. The second-order valence-corrected chi connectivity index (χ2v) is 7.98. The summed E-state index contributed by atoms with van der Waals surface area (Å²) in [4.78, 5) is 14.3. The van der Waals surface area contributed by atoms with Gasteiger partial charge in [0.05, 0.1) is 5.25 Å². The minimum Gasteiger partial charge on any atom is -0.411 e. The van der Waals surface area contributed by atoms with Crippen molar-refractivity contribution in [1.29, 1.82) is 0 Å². The molecule has 27 heavy (non-hydrogen) atoms. The highest BCUT2D eigenvalue weighted by Crippen LogP contribution is 2.28. The van der Waals surface area contributed by atoms with Crippen LogP contribution >= 0.6 is 11.8 Å². The van der Waals surface area contributed by atoms with Gasteiger partial charge in [-0.1, -0.05) is 59.3 Å². The van der Waals surface area contributed by atoms with Crippen molar-refractivity contribution in [3.05, 3.63) is 65.2 Å². The van der Waals surface area contributed by atoms with Gasteiger partial charge in [0.1, 0.15) is 0 Å². The van der Waals surface area contributed by atoms with Gasteiger partial charge in [0.25, 0.3) is 5.22 Å². The van der Waals surface area contributed by atoms with Crippen LogP contribution in [-0.2, 0) is 11.3 Å². The number of aromatic nitrogens is 2. The lowest BCUT2D eigenvalue weighted by Gasteiger charge is -2.20. The largest absolute Gasteiger partial charge is 0.411 e. The first-order chi connectivity index (χ1) is 12.9. The molecule has 1 atom stereocenters. The third kappa shape index (κ3) is 4.98. The Morgan fingerprint density at radius 1 is 1.11 bits per heavy atom. The highest BCUT2D eigenvalue weighted by atomic mass is 32.2. The molecule has 0 saturated carbocycles. The number of rotatable bonds is 6. The molecule has 6 heteroatoms. The summed E-state index contributed by atoms with van der Waals surface area (Å²) < 4.78 is 5.77. The Balaban J connectivity index is 1.64. The van der Waals surface area contributed by atoms with E-state index in [1.54, 1.807) is 11.9 Å². The number of carbonyl (C=O) groups is 1. The molecule has 3 aromatic rings. The first-order valence-electron chi connectivity index (χ1n) is 8.80. The summed E-state index contributed by atoms with van der Waals surface area (Å²) in [7, 11) is 1.81. The van der Waals surface area contributed by atoms with Crippen molar-refractivity contribution < 1.29 is 9.21 Å². The third-order valence-corrected chi connectivity index (χ3v) is 5.06. The van der Waals surface area contributed by atoms with Crippen LogP contribution in [0.15, 0.2) is 58.2 Å². The fourth-order valence-electron chi connectivity index (χ4n) is 2.92. The number of carbonyl (C=O) groups excluding carboxylic acids is 1. The van der Waals surface area contributed by atoms with Crippen molar-refractivity contribution in [3.63, 3.8) is 0 Å². The molecule has 0 unspecified atom stereocenters. The molecule has 1 aromatic heterocycles. The SMILES string of the molecule is Cc1cc(C)cc(-c2nnc(S[C@@H](C)C(=O)N(C)Cc3ccccc3)o2)c1. The predicted molar refractivity (Wildman–Crippen MR) is 107 cm³/mol. The maximum absolute atomic E-state index is 12.6. The van der Waals surface area contributed by atoms with E-state index in [0.717, 1.165) is 22.3 Å². The average molecular weight is 382 g/mol. The number of hydrogen-bond acceptors (Lipinski definition) is 5. The molecule has 0 aliphatic carbocycles. The second-order valence-electron chi connectivity index (χ2n) is 6.69. The molecule has 140 valence electrons. The van der Waals surface area contributed by atoms with E-state index in [1.807, 2.05) is 63.2 Å². The van der Waals surface area contributed by atoms with Crippen molar-refractivity contribution in [3.8, 4) is 11.5 Å². The lowest BCUT2D eigenvalue weighted by Crippen LogP contribution is -2.32. The number of benzene rings is 2. The summed E-state index contributed by atoms with van der Waals surface area (Å²) >= 11 is 1.28. The molecule has 2 aromatic carbocycles. The van der Waals surface area contributed by atoms with E-state index in [-0.39, 0.29) is 11.2 Å². The maximum atomic E-state index is 12.6. The lowest BCUT2D eigenvalue weighted by atomic mass is 10.1. The summed E-state index contributed by atoms with van der Waals surface area (Å²) in [6.07, 6.45) is 0. The lowest BCUT2D eigenvalue weighted by molar-refractivity contribution is -0.129. The van der Waals surface area contributed by atoms with E-state index in [4.69, 9.17) is 4.42 Å². The molecule has 3 rings (SSSR count). The predicted octanol–water partition coefficient (Wildman–Crippen LogP) is 4.49. The molecule has 5 nitrogen and oxygen atoms in total. The van der Waals surface area contributed by atoms with Crippen molar-refractivity contribution in [1.82, 2.24) is 15.1 Å². The number of hydrogen-bond donors (Lipinski definition) is 0. The summed E-state index contributed by atoms with van der Waals surface area (Å²) in [6, 6.07) is 16.0. The minimum absolute atomic E-state index is 0.0232. The van der Waals surface area contributed by atoms with Crippen LogP contribution in [0.5, 0.6) is 0 Å². The monoisotopic (exact) mass is 381 g/mol. The van der Waals surface area contributed by atoms with Gasteiger partial charge in [-0.15, -0.1) is 10.2 Å². The Morgan fingerprint density at radius 3 is 2.44 bits per heavy atom. The molecule has 0 aliphatic heterocycles. The Bertz CT molecular complexity index is 904.